The zero-order valence-electron chi connectivity index (χ0n) is 10.8. The Hall–Kier alpha value is -2.16. The summed E-state index contributed by atoms with van der Waals surface area (Å²) in [6.45, 7) is 0.740. The fourth-order valence-electron chi connectivity index (χ4n) is 2.16. The highest BCUT2D eigenvalue weighted by molar-refractivity contribution is 5.75. The molecule has 6 heteroatoms. The molecule has 1 aliphatic carbocycles. The van der Waals surface area contributed by atoms with Gasteiger partial charge in [0.15, 0.2) is 0 Å². The average Bonchev–Trinajstić information content (AvgIpc) is 2.87. The van der Waals surface area contributed by atoms with E-state index in [4.69, 9.17) is 5.26 Å². The lowest BCUT2D eigenvalue weighted by Crippen LogP contribution is -2.29. The molecule has 1 aromatic rings. The third-order valence-electron chi connectivity index (χ3n) is 3.18. The molecule has 19 heavy (non-hydrogen) atoms. The van der Waals surface area contributed by atoms with Gasteiger partial charge < -0.3 is 5.32 Å². The standard InChI is InChI=1S/C13H17N5O/c14-8-12-17-16-10-18(12)9-13(19)15-7-6-11-4-2-1-3-5-11/h4,10H,1-3,5-7,9H2,(H,15,19). The number of nitrogens with zero attached hydrogens (tertiary/aromatic N) is 4. The van der Waals surface area contributed by atoms with Gasteiger partial charge in [0.2, 0.25) is 11.7 Å². The predicted octanol–water partition coefficient (Wildman–Crippen LogP) is 1.16. The smallest absolute Gasteiger partial charge is 0.240 e. The minimum absolute atomic E-state index is 0.0922. The third-order valence-corrected chi connectivity index (χ3v) is 3.18. The Balaban J connectivity index is 1.73. The summed E-state index contributed by atoms with van der Waals surface area (Å²) in [5.74, 6) is 0.0397. The van der Waals surface area contributed by atoms with Gasteiger partial charge in [-0.05, 0) is 32.1 Å². The first-order valence-corrected chi connectivity index (χ1v) is 6.52. The van der Waals surface area contributed by atoms with E-state index in [9.17, 15) is 4.79 Å². The largest absolute Gasteiger partial charge is 0.354 e. The third kappa shape index (κ3) is 3.91. The molecule has 0 atom stereocenters. The van der Waals surface area contributed by atoms with Crippen molar-refractivity contribution in [2.75, 3.05) is 6.54 Å². The average molecular weight is 259 g/mol. The fourth-order valence-corrected chi connectivity index (χ4v) is 2.16. The Labute approximate surface area is 112 Å². The van der Waals surface area contributed by atoms with E-state index in [0.717, 1.165) is 19.3 Å². The number of aromatic nitrogens is 3. The summed E-state index contributed by atoms with van der Waals surface area (Å²) >= 11 is 0. The van der Waals surface area contributed by atoms with E-state index >= 15 is 0 Å². The van der Waals surface area contributed by atoms with Gasteiger partial charge in [0.1, 0.15) is 18.9 Å². The molecule has 1 aromatic heterocycles. The lowest BCUT2D eigenvalue weighted by molar-refractivity contribution is -0.121. The zero-order chi connectivity index (χ0) is 13.5. The summed E-state index contributed by atoms with van der Waals surface area (Å²) in [5, 5.41) is 18.8. The molecular formula is C13H17N5O. The van der Waals surface area contributed by atoms with Gasteiger partial charge in [0.25, 0.3) is 0 Å². The number of carbonyl (C=O) groups excluding carboxylic acids is 1. The number of rotatable bonds is 5. The van der Waals surface area contributed by atoms with Gasteiger partial charge in [-0.15, -0.1) is 10.2 Å². The summed E-state index contributed by atoms with van der Waals surface area (Å²) in [7, 11) is 0. The highest BCUT2D eigenvalue weighted by atomic mass is 16.1. The number of hydrogen-bond acceptors (Lipinski definition) is 4. The molecule has 1 aliphatic rings. The van der Waals surface area contributed by atoms with E-state index < -0.39 is 0 Å². The maximum Gasteiger partial charge on any atom is 0.240 e. The van der Waals surface area contributed by atoms with Crippen LogP contribution in [0.1, 0.15) is 37.9 Å². The molecule has 2 rings (SSSR count). The van der Waals surface area contributed by atoms with Crippen LogP contribution in [0.3, 0.4) is 0 Å². The summed E-state index contributed by atoms with van der Waals surface area (Å²) in [4.78, 5) is 11.7. The van der Waals surface area contributed by atoms with Crippen molar-refractivity contribution >= 4 is 5.91 Å². The van der Waals surface area contributed by atoms with Crippen LogP contribution < -0.4 is 5.32 Å². The summed E-state index contributed by atoms with van der Waals surface area (Å²) in [6.07, 6.45) is 9.44. The fraction of sp³-hybridized carbons (Fsp3) is 0.538. The minimum Gasteiger partial charge on any atom is -0.354 e. The van der Waals surface area contributed by atoms with Gasteiger partial charge in [-0.3, -0.25) is 9.36 Å². The van der Waals surface area contributed by atoms with Crippen molar-refractivity contribution in [2.24, 2.45) is 0 Å². The normalized spacial score (nSPS) is 14.6. The predicted molar refractivity (Wildman–Crippen MR) is 68.9 cm³/mol. The van der Waals surface area contributed by atoms with Crippen LogP contribution in [0.15, 0.2) is 18.0 Å². The first-order chi connectivity index (χ1) is 9.29. The van der Waals surface area contributed by atoms with Crippen LogP contribution in [0.4, 0.5) is 0 Å². The van der Waals surface area contributed by atoms with Crippen LogP contribution in [0, 0.1) is 11.3 Å². The molecule has 6 nitrogen and oxygen atoms in total. The minimum atomic E-state index is -0.118. The van der Waals surface area contributed by atoms with Crippen LogP contribution >= 0.6 is 0 Å². The maximum atomic E-state index is 11.7. The molecule has 1 heterocycles. The molecule has 100 valence electrons. The SMILES string of the molecule is N#Cc1nncn1CC(=O)NCCC1=CCCCC1. The number of amides is 1. The molecule has 0 saturated heterocycles. The Morgan fingerprint density at radius 3 is 3.16 bits per heavy atom. The van der Waals surface area contributed by atoms with Crippen LogP contribution in [0.25, 0.3) is 0 Å². The van der Waals surface area contributed by atoms with Crippen LogP contribution in [-0.4, -0.2) is 27.2 Å². The van der Waals surface area contributed by atoms with Crippen LogP contribution in [0.5, 0.6) is 0 Å². The molecule has 0 saturated carbocycles. The van der Waals surface area contributed by atoms with E-state index in [1.54, 1.807) is 0 Å². The first-order valence-electron chi connectivity index (χ1n) is 6.52. The topological polar surface area (TPSA) is 83.6 Å². The summed E-state index contributed by atoms with van der Waals surface area (Å²) < 4.78 is 1.44. The van der Waals surface area contributed by atoms with E-state index in [1.165, 1.54) is 29.3 Å². The second-order valence-corrected chi connectivity index (χ2v) is 4.60. The van der Waals surface area contributed by atoms with E-state index in [2.05, 4.69) is 21.6 Å². The van der Waals surface area contributed by atoms with Gasteiger partial charge in [0.05, 0.1) is 0 Å². The highest BCUT2D eigenvalue weighted by Gasteiger charge is 2.08. The van der Waals surface area contributed by atoms with Gasteiger partial charge in [-0.25, -0.2) is 0 Å². The van der Waals surface area contributed by atoms with E-state index in [-0.39, 0.29) is 18.3 Å². The number of nitriles is 1. The van der Waals surface area contributed by atoms with E-state index in [0.29, 0.717) is 6.54 Å². The molecule has 0 spiro atoms. The van der Waals surface area contributed by atoms with Crippen molar-refractivity contribution in [3.63, 3.8) is 0 Å². The highest BCUT2D eigenvalue weighted by Crippen LogP contribution is 2.19. The molecule has 1 N–H and O–H groups in total. The molecule has 0 radical (unpaired) electrons. The van der Waals surface area contributed by atoms with Crippen molar-refractivity contribution in [2.45, 2.75) is 38.6 Å². The lowest BCUT2D eigenvalue weighted by atomic mass is 9.97. The van der Waals surface area contributed by atoms with Crippen molar-refractivity contribution in [3.8, 4) is 6.07 Å². The van der Waals surface area contributed by atoms with Crippen molar-refractivity contribution < 1.29 is 4.79 Å². The number of nitrogens with one attached hydrogen (secondary N) is 1. The van der Waals surface area contributed by atoms with Crippen molar-refractivity contribution in [3.05, 3.63) is 23.8 Å². The quantitative estimate of drug-likeness (QED) is 0.804. The van der Waals surface area contributed by atoms with Gasteiger partial charge >= 0.3 is 0 Å². The Morgan fingerprint density at radius 1 is 1.53 bits per heavy atom. The Bertz CT molecular complexity index is 511. The molecular weight excluding hydrogens is 242 g/mol. The number of hydrogen-bond donors (Lipinski definition) is 1. The molecule has 0 fully saturated rings. The number of carbonyl (C=O) groups is 1. The Morgan fingerprint density at radius 2 is 2.42 bits per heavy atom. The van der Waals surface area contributed by atoms with Gasteiger partial charge in [-0.2, -0.15) is 5.26 Å². The summed E-state index contributed by atoms with van der Waals surface area (Å²) in [6, 6.07) is 1.89. The zero-order valence-corrected chi connectivity index (χ0v) is 10.8. The van der Waals surface area contributed by atoms with Gasteiger partial charge in [0, 0.05) is 6.54 Å². The van der Waals surface area contributed by atoms with Crippen LogP contribution in [-0.2, 0) is 11.3 Å². The monoisotopic (exact) mass is 259 g/mol. The molecule has 0 aliphatic heterocycles. The second kappa shape index (κ2) is 6.69. The second-order valence-electron chi connectivity index (χ2n) is 4.60. The molecule has 0 bridgehead atoms. The lowest BCUT2D eigenvalue weighted by Gasteiger charge is -2.13. The van der Waals surface area contributed by atoms with E-state index in [1.807, 2.05) is 6.07 Å². The number of allylic oxidation sites excluding steroid dienone is 1. The Kier molecular flexibility index (Phi) is 4.67. The van der Waals surface area contributed by atoms with Crippen LogP contribution in [0.2, 0.25) is 0 Å². The van der Waals surface area contributed by atoms with Gasteiger partial charge in [-0.1, -0.05) is 11.6 Å². The molecule has 0 aromatic carbocycles. The van der Waals surface area contributed by atoms with Crippen molar-refractivity contribution in [1.29, 1.82) is 5.26 Å². The molecule has 1 amide bonds. The summed E-state index contributed by atoms with van der Waals surface area (Å²) in [5.41, 5.74) is 1.44. The first kappa shape index (κ1) is 13.3. The van der Waals surface area contributed by atoms with Crippen molar-refractivity contribution in [1.82, 2.24) is 20.1 Å². The molecule has 0 unspecified atom stereocenters. The maximum absolute atomic E-state index is 11.7.